The van der Waals surface area contributed by atoms with E-state index in [0.29, 0.717) is 6.10 Å². The molecule has 2 atom stereocenters. The summed E-state index contributed by atoms with van der Waals surface area (Å²) < 4.78 is 6.17. The molecule has 1 aliphatic rings. The molecule has 2 rings (SSSR count). The second-order valence-electron chi connectivity index (χ2n) is 7.60. The Morgan fingerprint density at radius 2 is 2.10 bits per heavy atom. The minimum absolute atomic E-state index is 0.173. The van der Waals surface area contributed by atoms with Crippen LogP contribution >= 0.6 is 11.3 Å². The lowest BCUT2D eigenvalue weighted by atomic mass is 9.89. The molecule has 2 unspecified atom stereocenters. The first-order chi connectivity index (χ1) is 9.83. The van der Waals surface area contributed by atoms with Crippen LogP contribution in [0.4, 0.5) is 0 Å². The summed E-state index contributed by atoms with van der Waals surface area (Å²) in [4.78, 5) is 2.82. The molecule has 1 aromatic rings. The molecule has 0 spiro atoms. The van der Waals surface area contributed by atoms with Crippen LogP contribution in [0.5, 0.6) is 0 Å². The van der Waals surface area contributed by atoms with Crippen molar-refractivity contribution in [3.63, 3.8) is 0 Å². The molecule has 0 aliphatic heterocycles. The van der Waals surface area contributed by atoms with E-state index in [-0.39, 0.29) is 5.54 Å². The number of thiophene rings is 1. The van der Waals surface area contributed by atoms with Gasteiger partial charge in [-0.2, -0.15) is 0 Å². The summed E-state index contributed by atoms with van der Waals surface area (Å²) in [5.74, 6) is 0.832. The van der Waals surface area contributed by atoms with Gasteiger partial charge in [0.15, 0.2) is 0 Å². The third kappa shape index (κ3) is 5.72. The van der Waals surface area contributed by atoms with Crippen LogP contribution in [-0.2, 0) is 17.9 Å². The fraction of sp³-hybridized carbons (Fsp3) is 0.778. The van der Waals surface area contributed by atoms with E-state index in [4.69, 9.17) is 4.74 Å². The largest absolute Gasteiger partial charge is 0.373 e. The fourth-order valence-corrected chi connectivity index (χ4v) is 3.90. The maximum Gasteiger partial charge on any atom is 0.0731 e. The Morgan fingerprint density at radius 3 is 2.76 bits per heavy atom. The van der Waals surface area contributed by atoms with E-state index in [1.807, 2.05) is 11.3 Å². The van der Waals surface area contributed by atoms with Crippen molar-refractivity contribution >= 4 is 11.3 Å². The number of ether oxygens (including phenoxy) is 1. The third-order valence-electron chi connectivity index (χ3n) is 4.23. The molecule has 2 nitrogen and oxygen atoms in total. The Kier molecular flexibility index (Phi) is 5.87. The van der Waals surface area contributed by atoms with Gasteiger partial charge in [-0.15, -0.1) is 11.3 Å². The van der Waals surface area contributed by atoms with Gasteiger partial charge in [-0.1, -0.05) is 19.8 Å². The van der Waals surface area contributed by atoms with Crippen molar-refractivity contribution in [2.24, 2.45) is 5.92 Å². The summed E-state index contributed by atoms with van der Waals surface area (Å²) in [7, 11) is 0. The quantitative estimate of drug-likeness (QED) is 0.822. The molecular formula is C18H31NOS. The van der Waals surface area contributed by atoms with Gasteiger partial charge < -0.3 is 10.1 Å². The lowest BCUT2D eigenvalue weighted by Gasteiger charge is -2.26. The van der Waals surface area contributed by atoms with E-state index in [1.165, 1.54) is 41.0 Å². The van der Waals surface area contributed by atoms with Crippen LogP contribution in [-0.4, -0.2) is 11.6 Å². The smallest absolute Gasteiger partial charge is 0.0731 e. The molecule has 1 aliphatic carbocycles. The summed E-state index contributed by atoms with van der Waals surface area (Å²) >= 11 is 1.90. The maximum absolute atomic E-state index is 6.17. The summed E-state index contributed by atoms with van der Waals surface area (Å²) in [6, 6.07) is 2.32. The highest BCUT2D eigenvalue weighted by Gasteiger charge is 2.20. The molecule has 1 saturated carbocycles. The van der Waals surface area contributed by atoms with Gasteiger partial charge in [-0.05, 0) is 58.1 Å². The topological polar surface area (TPSA) is 21.3 Å². The fourth-order valence-electron chi connectivity index (χ4n) is 2.91. The molecule has 0 amide bonds. The van der Waals surface area contributed by atoms with Crippen LogP contribution in [0.1, 0.15) is 68.7 Å². The average molecular weight is 310 g/mol. The molecule has 1 aromatic heterocycles. The zero-order valence-corrected chi connectivity index (χ0v) is 15.1. The zero-order chi connectivity index (χ0) is 15.5. The van der Waals surface area contributed by atoms with E-state index in [9.17, 15) is 0 Å². The zero-order valence-electron chi connectivity index (χ0n) is 14.3. The molecular weight excluding hydrogens is 278 g/mol. The summed E-state index contributed by atoms with van der Waals surface area (Å²) in [5.41, 5.74) is 1.55. The molecule has 0 saturated heterocycles. The molecule has 0 bridgehead atoms. The van der Waals surface area contributed by atoms with E-state index >= 15 is 0 Å². The van der Waals surface area contributed by atoms with E-state index in [2.05, 4.69) is 46.0 Å². The Labute approximate surface area is 134 Å². The lowest BCUT2D eigenvalue weighted by Crippen LogP contribution is -2.34. The highest BCUT2D eigenvalue weighted by molar-refractivity contribution is 7.12. The maximum atomic E-state index is 6.17. The van der Waals surface area contributed by atoms with Crippen molar-refractivity contribution in [2.75, 3.05) is 0 Å². The first-order valence-electron chi connectivity index (χ1n) is 8.28. The summed E-state index contributed by atoms with van der Waals surface area (Å²) in [6.07, 6.45) is 5.66. The van der Waals surface area contributed by atoms with Crippen LogP contribution in [0.3, 0.4) is 0 Å². The van der Waals surface area contributed by atoms with Crippen LogP contribution in [0.2, 0.25) is 0 Å². The first-order valence-corrected chi connectivity index (χ1v) is 9.10. The van der Waals surface area contributed by atoms with Gasteiger partial charge in [-0.25, -0.2) is 0 Å². The number of nitrogens with one attached hydrogen (secondary N) is 1. The molecule has 3 heteroatoms. The normalized spacial score (nSPS) is 23.5. The highest BCUT2D eigenvalue weighted by Crippen LogP contribution is 2.28. The third-order valence-corrected chi connectivity index (χ3v) is 5.32. The van der Waals surface area contributed by atoms with Gasteiger partial charge in [0.25, 0.3) is 0 Å². The summed E-state index contributed by atoms with van der Waals surface area (Å²) in [6.45, 7) is 12.9. The van der Waals surface area contributed by atoms with Gasteiger partial charge >= 0.3 is 0 Å². The van der Waals surface area contributed by atoms with E-state index in [0.717, 1.165) is 19.1 Å². The molecule has 0 radical (unpaired) electrons. The van der Waals surface area contributed by atoms with Gasteiger partial charge in [0, 0.05) is 21.8 Å². The minimum Gasteiger partial charge on any atom is -0.373 e. The molecule has 1 fully saturated rings. The van der Waals surface area contributed by atoms with Gasteiger partial charge in [0.1, 0.15) is 0 Å². The Hall–Kier alpha value is -0.380. The standard InChI is InChI=1S/C18H31NOS/c1-13-7-6-8-16(9-13)20-12-15-10-17(21-14(15)2)11-19-18(3,4)5/h10,13,16,19H,6-9,11-12H2,1-5H3. The van der Waals surface area contributed by atoms with Crippen molar-refractivity contribution < 1.29 is 4.74 Å². The minimum atomic E-state index is 0.173. The molecule has 1 N–H and O–H groups in total. The van der Waals surface area contributed by atoms with Crippen LogP contribution in [0.25, 0.3) is 0 Å². The molecule has 0 aromatic carbocycles. The highest BCUT2D eigenvalue weighted by atomic mass is 32.1. The number of aryl methyl sites for hydroxylation is 1. The van der Waals surface area contributed by atoms with Gasteiger partial charge in [0.05, 0.1) is 12.7 Å². The van der Waals surface area contributed by atoms with Crippen LogP contribution in [0, 0.1) is 12.8 Å². The van der Waals surface area contributed by atoms with Crippen molar-refractivity contribution in [2.45, 2.75) is 85.1 Å². The van der Waals surface area contributed by atoms with Crippen molar-refractivity contribution in [1.82, 2.24) is 5.32 Å². The second-order valence-corrected chi connectivity index (χ2v) is 8.94. The summed E-state index contributed by atoms with van der Waals surface area (Å²) in [5, 5.41) is 3.56. The van der Waals surface area contributed by atoms with Crippen molar-refractivity contribution in [3.05, 3.63) is 21.4 Å². The van der Waals surface area contributed by atoms with Gasteiger partial charge in [-0.3, -0.25) is 0 Å². The average Bonchev–Trinajstić information content (AvgIpc) is 2.74. The van der Waals surface area contributed by atoms with Crippen molar-refractivity contribution in [1.29, 1.82) is 0 Å². The predicted octanol–water partition coefficient (Wildman–Crippen LogP) is 5.04. The molecule has 120 valence electrons. The Balaban J connectivity index is 1.84. The number of hydrogen-bond donors (Lipinski definition) is 1. The van der Waals surface area contributed by atoms with Crippen LogP contribution in [0.15, 0.2) is 6.07 Å². The Bertz CT molecular complexity index is 447. The van der Waals surface area contributed by atoms with E-state index in [1.54, 1.807) is 0 Å². The van der Waals surface area contributed by atoms with E-state index < -0.39 is 0 Å². The lowest BCUT2D eigenvalue weighted by molar-refractivity contribution is 0.00462. The Morgan fingerprint density at radius 1 is 1.33 bits per heavy atom. The van der Waals surface area contributed by atoms with Crippen molar-refractivity contribution in [3.8, 4) is 0 Å². The number of hydrogen-bond acceptors (Lipinski definition) is 3. The second kappa shape index (κ2) is 7.26. The van der Waals surface area contributed by atoms with Gasteiger partial charge in [0.2, 0.25) is 0 Å². The number of rotatable bonds is 5. The monoisotopic (exact) mass is 309 g/mol. The predicted molar refractivity (Wildman–Crippen MR) is 91.9 cm³/mol. The SMILES string of the molecule is Cc1sc(CNC(C)(C)C)cc1COC1CCCC(C)C1. The molecule has 1 heterocycles. The molecule has 21 heavy (non-hydrogen) atoms. The first kappa shape index (κ1) is 17.0. The van der Waals surface area contributed by atoms with Crippen LogP contribution < -0.4 is 5.32 Å².